The predicted molar refractivity (Wildman–Crippen MR) is 282 cm³/mol. The van der Waals surface area contributed by atoms with Gasteiger partial charge in [-0.3, -0.25) is 0 Å². The zero-order valence-corrected chi connectivity index (χ0v) is 46.4. The van der Waals surface area contributed by atoms with Gasteiger partial charge in [0.15, 0.2) is 0 Å². The smallest absolute Gasteiger partial charge is 0.282 e. The summed E-state index contributed by atoms with van der Waals surface area (Å²) in [6.07, 6.45) is 41.9. The zero-order chi connectivity index (χ0) is 49.3. The highest BCUT2D eigenvalue weighted by molar-refractivity contribution is 4.64. The lowest BCUT2D eigenvalue weighted by Gasteiger charge is -2.32. The fourth-order valence-electron chi connectivity index (χ4n) is 9.61. The van der Waals surface area contributed by atoms with Crippen LogP contribution in [0.2, 0.25) is 0 Å². The van der Waals surface area contributed by atoms with E-state index in [1.54, 1.807) is 0 Å². The number of nitrogens with zero attached hydrogens (tertiary/aromatic N) is 1. The van der Waals surface area contributed by atoms with E-state index in [4.69, 9.17) is 42.6 Å². The second kappa shape index (κ2) is 49.2. The zero-order valence-electron chi connectivity index (χ0n) is 46.4. The van der Waals surface area contributed by atoms with Crippen LogP contribution in [-0.2, 0) is 42.6 Å². The minimum atomic E-state index is -0.848. The molecule has 0 atom stereocenters. The molecule has 0 radical (unpaired) electrons. The summed E-state index contributed by atoms with van der Waals surface area (Å²) in [6.45, 7) is 27.4. The first kappa shape index (κ1) is 66.6. The third-order valence-electron chi connectivity index (χ3n) is 12.9. The Kier molecular flexibility index (Phi) is 48.9. The van der Waals surface area contributed by atoms with Crippen molar-refractivity contribution in [1.29, 1.82) is 0 Å². The predicted octanol–water partition coefficient (Wildman–Crippen LogP) is 16.5. The van der Waals surface area contributed by atoms with Crippen molar-refractivity contribution in [3.05, 3.63) is 0 Å². The Morgan fingerprint density at radius 2 is 0.328 bits per heavy atom. The van der Waals surface area contributed by atoms with Crippen LogP contribution in [0.25, 0.3) is 0 Å². The minimum absolute atomic E-state index is 0.607. The summed E-state index contributed by atoms with van der Waals surface area (Å²) in [5.74, 6) is -2.54. The molecule has 0 bridgehead atoms. The highest BCUT2D eigenvalue weighted by atomic mass is 16.9. The van der Waals surface area contributed by atoms with Gasteiger partial charge in [0.2, 0.25) is 0 Å². The van der Waals surface area contributed by atoms with Crippen molar-refractivity contribution >= 4 is 0 Å². The van der Waals surface area contributed by atoms with Gasteiger partial charge in [0, 0.05) is 78.7 Å². The van der Waals surface area contributed by atoms with Crippen LogP contribution >= 0.6 is 0 Å². The average Bonchev–Trinajstić information content (AvgIpc) is 3.30. The fraction of sp³-hybridized carbons (Fsp3) is 1.00. The van der Waals surface area contributed by atoms with Crippen LogP contribution in [0.3, 0.4) is 0 Å². The van der Waals surface area contributed by atoms with E-state index < -0.39 is 17.9 Å². The molecule has 0 amide bonds. The molecule has 0 aliphatic rings. The monoisotopic (exact) mass is 960 g/mol. The highest BCUT2D eigenvalue weighted by Gasteiger charge is 2.33. The van der Waals surface area contributed by atoms with Crippen LogP contribution in [0.15, 0.2) is 0 Å². The molecule has 0 saturated carbocycles. The van der Waals surface area contributed by atoms with Crippen LogP contribution in [0, 0.1) is 0 Å². The maximum Gasteiger partial charge on any atom is 0.282 e. The van der Waals surface area contributed by atoms with Crippen molar-refractivity contribution in [2.24, 2.45) is 0 Å². The van der Waals surface area contributed by atoms with E-state index in [1.807, 2.05) is 62.3 Å². The molecule has 0 aromatic carbocycles. The lowest BCUT2D eigenvalue weighted by Crippen LogP contribution is -2.39. The summed E-state index contributed by atoms with van der Waals surface area (Å²) in [7, 11) is 0. The number of hydrogen-bond donors (Lipinski definition) is 0. The van der Waals surface area contributed by atoms with Crippen molar-refractivity contribution in [3.8, 4) is 0 Å². The maximum atomic E-state index is 5.90. The van der Waals surface area contributed by atoms with Gasteiger partial charge >= 0.3 is 0 Å². The molecule has 0 spiro atoms. The highest BCUT2D eigenvalue weighted by Crippen LogP contribution is 2.27. The van der Waals surface area contributed by atoms with Crippen LogP contribution in [0.1, 0.15) is 274 Å². The van der Waals surface area contributed by atoms with Gasteiger partial charge in [-0.2, -0.15) is 0 Å². The summed E-state index contributed by atoms with van der Waals surface area (Å²) in [5.41, 5.74) is 0. The molecule has 0 unspecified atom stereocenters. The largest absolute Gasteiger partial charge is 0.328 e. The Morgan fingerprint density at radius 1 is 0.194 bits per heavy atom. The van der Waals surface area contributed by atoms with Gasteiger partial charge in [0.1, 0.15) is 0 Å². The molecule has 67 heavy (non-hydrogen) atoms. The Labute approximate surface area is 417 Å². The number of rotatable bonds is 57. The maximum absolute atomic E-state index is 5.90. The van der Waals surface area contributed by atoms with Gasteiger partial charge in [0.05, 0.1) is 0 Å². The van der Waals surface area contributed by atoms with Crippen LogP contribution in [0.4, 0.5) is 0 Å². The van der Waals surface area contributed by atoms with Crippen molar-refractivity contribution in [2.45, 2.75) is 292 Å². The molecule has 0 N–H and O–H groups in total. The Morgan fingerprint density at radius 3 is 0.478 bits per heavy atom. The van der Waals surface area contributed by atoms with E-state index >= 15 is 0 Å². The van der Waals surface area contributed by atoms with E-state index in [0.29, 0.717) is 59.5 Å². The van der Waals surface area contributed by atoms with Gasteiger partial charge in [-0.25, -0.2) is 0 Å². The first-order chi connectivity index (χ1) is 32.8. The molecule has 0 aromatic heterocycles. The van der Waals surface area contributed by atoms with Gasteiger partial charge in [-0.05, 0) is 120 Å². The quantitative estimate of drug-likeness (QED) is 0.0434. The molecule has 0 rings (SSSR count). The van der Waals surface area contributed by atoms with Gasteiger partial charge < -0.3 is 47.5 Å². The van der Waals surface area contributed by atoms with Crippen molar-refractivity contribution in [3.63, 3.8) is 0 Å². The SMILES string of the molecule is CCOC(CCCCCCCCCCCCN(CCCCCCCCCCCCC(OCC)(OCC)OCC)CCCCCCCCCCCCC(OCC)(OCC)OCC)(OCC)OCC. The van der Waals surface area contributed by atoms with Crippen molar-refractivity contribution < 1.29 is 42.6 Å². The molecule has 404 valence electrons. The van der Waals surface area contributed by atoms with Gasteiger partial charge in [0.25, 0.3) is 17.9 Å². The molecular formula is C57H117NO9. The molecule has 0 aromatic rings. The lowest BCUT2D eigenvalue weighted by atomic mass is 10.0. The topological polar surface area (TPSA) is 86.3 Å². The molecule has 10 nitrogen and oxygen atoms in total. The fourth-order valence-corrected chi connectivity index (χ4v) is 9.61. The van der Waals surface area contributed by atoms with E-state index in [1.165, 1.54) is 193 Å². The van der Waals surface area contributed by atoms with Crippen LogP contribution in [-0.4, -0.2) is 102 Å². The van der Waals surface area contributed by atoms with E-state index in [0.717, 1.165) is 38.5 Å². The minimum Gasteiger partial charge on any atom is -0.328 e. The summed E-state index contributed by atoms with van der Waals surface area (Å²) in [6, 6.07) is 0. The summed E-state index contributed by atoms with van der Waals surface area (Å²) in [5, 5.41) is 0. The molecular weight excluding hydrogens is 843 g/mol. The Bertz CT molecular complexity index is 804. The van der Waals surface area contributed by atoms with E-state index in [-0.39, 0.29) is 0 Å². The summed E-state index contributed by atoms with van der Waals surface area (Å²) in [4.78, 5) is 2.83. The lowest BCUT2D eigenvalue weighted by molar-refractivity contribution is -0.380. The standard InChI is InChI=1S/C57H117NO9/c1-10-59-55(60-11-2,61-12-3)49-43-37-31-25-19-22-28-34-40-46-52-58(53-47-41-35-29-23-20-26-32-38-44-50-56(62-13-4,63-14-5)64-15-6)54-48-42-36-30-24-21-27-33-39-45-51-57(65-16-7,66-17-8)67-18-9/h10-54H2,1-9H3. The van der Waals surface area contributed by atoms with E-state index in [2.05, 4.69) is 4.90 Å². The molecule has 0 saturated heterocycles. The first-order valence-electron chi connectivity index (χ1n) is 29.3. The van der Waals surface area contributed by atoms with Crippen molar-refractivity contribution in [2.75, 3.05) is 79.1 Å². The number of ether oxygens (including phenoxy) is 9. The second-order valence-corrected chi connectivity index (χ2v) is 18.6. The molecule has 0 aliphatic carbocycles. The number of unbranched alkanes of at least 4 members (excludes halogenated alkanes) is 27. The normalized spacial score (nSPS) is 12.6. The number of hydrogen-bond acceptors (Lipinski definition) is 10. The molecule has 10 heteroatoms. The van der Waals surface area contributed by atoms with Crippen molar-refractivity contribution in [1.82, 2.24) is 4.90 Å². The van der Waals surface area contributed by atoms with Gasteiger partial charge in [-0.1, -0.05) is 154 Å². The van der Waals surface area contributed by atoms with Gasteiger partial charge in [-0.15, -0.1) is 0 Å². The summed E-state index contributed by atoms with van der Waals surface area (Å²) < 4.78 is 53.1. The third kappa shape index (κ3) is 38.0. The third-order valence-corrected chi connectivity index (χ3v) is 12.9. The second-order valence-electron chi connectivity index (χ2n) is 18.6. The molecule has 0 heterocycles. The van der Waals surface area contributed by atoms with Crippen LogP contribution < -0.4 is 0 Å². The summed E-state index contributed by atoms with van der Waals surface area (Å²) >= 11 is 0. The Hall–Kier alpha value is -0.400. The Balaban J connectivity index is 4.46. The molecule has 0 fully saturated rings. The molecule has 0 aliphatic heterocycles. The van der Waals surface area contributed by atoms with Crippen LogP contribution in [0.5, 0.6) is 0 Å². The average molecular weight is 961 g/mol. The first-order valence-corrected chi connectivity index (χ1v) is 29.3. The van der Waals surface area contributed by atoms with E-state index in [9.17, 15) is 0 Å².